The van der Waals surface area contributed by atoms with E-state index in [1.54, 1.807) is 30.3 Å². The number of esters is 1. The zero-order valence-electron chi connectivity index (χ0n) is 14.2. The molecule has 2 N–H and O–H groups in total. The van der Waals surface area contributed by atoms with Crippen molar-refractivity contribution in [1.82, 2.24) is 10.2 Å². The lowest BCUT2D eigenvalue weighted by molar-refractivity contribution is -0.130. The fourth-order valence-electron chi connectivity index (χ4n) is 2.81. The second-order valence-corrected chi connectivity index (χ2v) is 5.98. The maximum atomic E-state index is 12.6. The number of ketones is 1. The minimum Gasteiger partial charge on any atom is -0.507 e. The number of benzene rings is 2. The molecule has 3 amide bonds. The molecule has 2 aromatic rings. The summed E-state index contributed by atoms with van der Waals surface area (Å²) in [5.41, 5.74) is -0.0699. The Labute approximate surface area is 165 Å². The largest absolute Gasteiger partial charge is 0.507 e. The minimum absolute atomic E-state index is 0. The van der Waals surface area contributed by atoms with Gasteiger partial charge in [-0.2, -0.15) is 0 Å². The number of phenolic OH excluding ortho intramolecular Hbond substituents is 1. The second kappa shape index (κ2) is 7.43. The van der Waals surface area contributed by atoms with Crippen LogP contribution >= 0.6 is 0 Å². The molecule has 29 heavy (non-hydrogen) atoms. The molecule has 0 spiro atoms. The zero-order valence-corrected chi connectivity index (χ0v) is 14.2. The molecule has 146 valence electrons. The number of rotatable bonds is 2. The Hall–Kier alpha value is -4.20. The van der Waals surface area contributed by atoms with Gasteiger partial charge in [-0.05, 0) is 24.3 Å². The van der Waals surface area contributed by atoms with Crippen molar-refractivity contribution in [2.75, 3.05) is 0 Å². The van der Waals surface area contributed by atoms with Gasteiger partial charge in [-0.1, -0.05) is 37.8 Å². The number of fused-ring (bicyclic) bond motifs is 1. The average molecular weight is 392 g/mol. The van der Waals surface area contributed by atoms with Gasteiger partial charge in [0.05, 0.1) is 5.56 Å². The quantitative estimate of drug-likeness (QED) is 0.267. The summed E-state index contributed by atoms with van der Waals surface area (Å²) in [6.45, 7) is 0. The van der Waals surface area contributed by atoms with Crippen LogP contribution in [0.3, 0.4) is 0 Å². The van der Waals surface area contributed by atoms with E-state index in [4.69, 9.17) is 4.74 Å². The van der Waals surface area contributed by atoms with Crippen molar-refractivity contribution < 1.29 is 29.0 Å². The third kappa shape index (κ3) is 3.39. The Morgan fingerprint density at radius 1 is 0.966 bits per heavy atom. The van der Waals surface area contributed by atoms with Gasteiger partial charge < -0.3 is 15.2 Å². The molecule has 8 nitrogen and oxygen atoms in total. The minimum atomic E-state index is -0.956. The van der Waals surface area contributed by atoms with Gasteiger partial charge in [0.1, 0.15) is 22.8 Å². The maximum Gasteiger partial charge on any atom is 0.349 e. The number of imide groups is 1. The fourth-order valence-corrected chi connectivity index (χ4v) is 2.81. The summed E-state index contributed by atoms with van der Waals surface area (Å²) in [6, 6.07) is 11.6. The third-order valence-electron chi connectivity index (χ3n) is 4.20. The van der Waals surface area contributed by atoms with E-state index < -0.39 is 29.3 Å². The lowest BCUT2D eigenvalue weighted by atomic mass is 10.0. The number of urea groups is 1. The summed E-state index contributed by atoms with van der Waals surface area (Å²) < 4.78 is 5.09. The molecule has 0 radical (unpaired) electrons. The lowest BCUT2D eigenvalue weighted by Crippen LogP contribution is -2.31. The van der Waals surface area contributed by atoms with Gasteiger partial charge in [0.25, 0.3) is 5.91 Å². The number of hydrogen-bond acceptors (Lipinski definition) is 6. The van der Waals surface area contributed by atoms with Crippen molar-refractivity contribution in [2.24, 2.45) is 0 Å². The number of aromatic hydroxyl groups is 1. The standard InChI is InChI=1S/C20H12N2O6.CH4/c23-15-7-3-1-5-11(15)9-14-18(25)22(20(27)21-14)10-13-17(24)12-6-2-4-8-16(12)28-19(13)26;/h1-10,23H,(H,21,27);1H4/b13-10-,14-9-;. The highest BCUT2D eigenvalue weighted by Crippen LogP contribution is 2.28. The highest BCUT2D eigenvalue weighted by molar-refractivity contribution is 6.28. The molecule has 0 saturated carbocycles. The first-order chi connectivity index (χ1) is 13.5. The first-order valence-corrected chi connectivity index (χ1v) is 8.17. The Kier molecular flexibility index (Phi) is 5.01. The predicted molar refractivity (Wildman–Crippen MR) is 103 cm³/mol. The summed E-state index contributed by atoms with van der Waals surface area (Å²) in [5.74, 6) is -2.34. The monoisotopic (exact) mass is 392 g/mol. The van der Waals surface area contributed by atoms with Crippen molar-refractivity contribution in [3.63, 3.8) is 0 Å². The number of nitrogens with zero attached hydrogens (tertiary/aromatic N) is 1. The van der Waals surface area contributed by atoms with Crippen LogP contribution < -0.4 is 10.1 Å². The molecule has 2 aromatic carbocycles. The topological polar surface area (TPSA) is 113 Å². The molecule has 1 saturated heterocycles. The third-order valence-corrected chi connectivity index (χ3v) is 4.20. The van der Waals surface area contributed by atoms with Gasteiger partial charge in [0.15, 0.2) is 0 Å². The number of hydrogen-bond donors (Lipinski definition) is 2. The van der Waals surface area contributed by atoms with Crippen LogP contribution in [0.4, 0.5) is 4.79 Å². The van der Waals surface area contributed by atoms with E-state index >= 15 is 0 Å². The van der Waals surface area contributed by atoms with Crippen LogP contribution in [-0.2, 0) is 9.59 Å². The Morgan fingerprint density at radius 3 is 2.41 bits per heavy atom. The van der Waals surface area contributed by atoms with E-state index in [2.05, 4.69) is 5.32 Å². The lowest BCUT2D eigenvalue weighted by Gasteiger charge is -2.17. The van der Waals surface area contributed by atoms with Gasteiger partial charge in [0, 0.05) is 11.8 Å². The van der Waals surface area contributed by atoms with E-state index in [9.17, 15) is 24.3 Å². The Balaban J connectivity index is 0.00000240. The van der Waals surface area contributed by atoms with Crippen LogP contribution in [0.15, 0.2) is 66.0 Å². The van der Waals surface area contributed by atoms with Crippen LogP contribution in [0.25, 0.3) is 6.08 Å². The van der Waals surface area contributed by atoms with Gasteiger partial charge in [-0.25, -0.2) is 14.5 Å². The van der Waals surface area contributed by atoms with E-state index in [0.29, 0.717) is 10.5 Å². The molecule has 0 unspecified atom stereocenters. The summed E-state index contributed by atoms with van der Waals surface area (Å²) >= 11 is 0. The first kappa shape index (κ1) is 19.6. The maximum absolute atomic E-state index is 12.6. The number of nitrogens with one attached hydrogen (secondary N) is 1. The fraction of sp³-hybridized carbons (Fsp3) is 0.0476. The molecular weight excluding hydrogens is 376 g/mol. The Bertz CT molecular complexity index is 1120. The second-order valence-electron chi connectivity index (χ2n) is 5.98. The van der Waals surface area contributed by atoms with E-state index in [0.717, 1.165) is 6.20 Å². The zero-order chi connectivity index (χ0) is 19.8. The van der Waals surface area contributed by atoms with Crippen LogP contribution in [0.1, 0.15) is 23.3 Å². The summed E-state index contributed by atoms with van der Waals surface area (Å²) in [6.07, 6.45) is 2.16. The molecule has 0 atom stereocenters. The molecule has 2 heterocycles. The number of ether oxygens (including phenoxy) is 1. The summed E-state index contributed by atoms with van der Waals surface area (Å²) in [7, 11) is 0. The number of carbonyl (C=O) groups is 4. The SMILES string of the molecule is C.O=C1Oc2ccccc2C(=O)/C1=C/N1C(=O)N/C(=C\c2ccccc2O)C1=O. The highest BCUT2D eigenvalue weighted by Gasteiger charge is 2.37. The van der Waals surface area contributed by atoms with E-state index in [-0.39, 0.29) is 30.2 Å². The molecule has 0 bridgehead atoms. The molecule has 1 fully saturated rings. The number of carbonyl (C=O) groups excluding carboxylic acids is 4. The van der Waals surface area contributed by atoms with E-state index in [1.165, 1.54) is 24.3 Å². The number of amides is 3. The average Bonchev–Trinajstić information content (AvgIpc) is 2.94. The van der Waals surface area contributed by atoms with Gasteiger partial charge in [0.2, 0.25) is 5.78 Å². The summed E-state index contributed by atoms with van der Waals surface area (Å²) in [5, 5.41) is 12.2. The molecular formula is C21H16N2O6. The molecule has 8 heteroatoms. The predicted octanol–water partition coefficient (Wildman–Crippen LogP) is 2.61. The van der Waals surface area contributed by atoms with Gasteiger partial charge >= 0.3 is 12.0 Å². The molecule has 4 rings (SSSR count). The van der Waals surface area contributed by atoms with Crippen molar-refractivity contribution in [3.05, 3.63) is 77.1 Å². The first-order valence-electron chi connectivity index (χ1n) is 8.17. The normalized spacial score (nSPS) is 18.4. The smallest absolute Gasteiger partial charge is 0.349 e. The number of Topliss-reactive ketones (excluding diaryl/α,β-unsaturated/α-hetero) is 1. The number of phenols is 1. The van der Waals surface area contributed by atoms with Crippen molar-refractivity contribution in [1.29, 1.82) is 0 Å². The highest BCUT2D eigenvalue weighted by atomic mass is 16.5. The molecule has 0 aliphatic carbocycles. The molecule has 2 aliphatic rings. The van der Waals surface area contributed by atoms with Crippen molar-refractivity contribution >= 4 is 29.8 Å². The Morgan fingerprint density at radius 2 is 1.66 bits per heavy atom. The number of para-hydroxylation sites is 2. The van der Waals surface area contributed by atoms with Gasteiger partial charge in [-0.3, -0.25) is 9.59 Å². The van der Waals surface area contributed by atoms with Crippen LogP contribution in [0.5, 0.6) is 11.5 Å². The summed E-state index contributed by atoms with van der Waals surface area (Å²) in [4.78, 5) is 50.1. The van der Waals surface area contributed by atoms with Crippen molar-refractivity contribution in [2.45, 2.75) is 7.43 Å². The van der Waals surface area contributed by atoms with Gasteiger partial charge in [-0.15, -0.1) is 0 Å². The van der Waals surface area contributed by atoms with Crippen LogP contribution in [-0.4, -0.2) is 33.7 Å². The van der Waals surface area contributed by atoms with Crippen LogP contribution in [0, 0.1) is 0 Å². The van der Waals surface area contributed by atoms with E-state index in [1.807, 2.05) is 0 Å². The van der Waals surface area contributed by atoms with Crippen LogP contribution in [0.2, 0.25) is 0 Å². The van der Waals surface area contributed by atoms with Crippen molar-refractivity contribution in [3.8, 4) is 11.5 Å². The molecule has 0 aromatic heterocycles. The molecule has 2 aliphatic heterocycles.